The second kappa shape index (κ2) is 5.87. The van der Waals surface area contributed by atoms with E-state index in [2.05, 4.69) is 43.4 Å². The molecule has 1 spiro atoms. The van der Waals surface area contributed by atoms with Crippen LogP contribution in [0.1, 0.15) is 62.6 Å². The highest BCUT2D eigenvalue weighted by atomic mass is 16.5. The van der Waals surface area contributed by atoms with Crippen LogP contribution in [-0.2, 0) is 4.74 Å². The molecule has 1 aliphatic heterocycles. The lowest BCUT2D eigenvalue weighted by Crippen LogP contribution is -2.32. The maximum Gasteiger partial charge on any atom is 0.0708 e. The molecule has 3 rings (SSSR count). The molecule has 2 nitrogen and oxygen atoms in total. The Hall–Kier alpha value is -0.860. The fraction of sp³-hybridized carbons (Fsp3) is 0.667. The van der Waals surface area contributed by atoms with E-state index in [0.717, 1.165) is 6.54 Å². The summed E-state index contributed by atoms with van der Waals surface area (Å²) < 4.78 is 6.36. The number of hydrogen-bond acceptors (Lipinski definition) is 2. The van der Waals surface area contributed by atoms with Crippen LogP contribution in [0.5, 0.6) is 0 Å². The van der Waals surface area contributed by atoms with Crippen LogP contribution >= 0.6 is 0 Å². The molecule has 20 heavy (non-hydrogen) atoms. The maximum atomic E-state index is 6.36. The second-order valence-corrected chi connectivity index (χ2v) is 6.66. The van der Waals surface area contributed by atoms with Gasteiger partial charge in [-0.3, -0.25) is 0 Å². The minimum atomic E-state index is 0.262. The summed E-state index contributed by atoms with van der Waals surface area (Å²) in [5, 5.41) is 3.66. The highest BCUT2D eigenvalue weighted by Crippen LogP contribution is 2.43. The molecule has 110 valence electrons. The molecule has 2 atom stereocenters. The van der Waals surface area contributed by atoms with Crippen molar-refractivity contribution in [2.75, 3.05) is 6.54 Å². The van der Waals surface area contributed by atoms with E-state index in [-0.39, 0.29) is 5.60 Å². The van der Waals surface area contributed by atoms with Gasteiger partial charge in [0.2, 0.25) is 0 Å². The highest BCUT2D eigenvalue weighted by molar-refractivity contribution is 5.28. The number of ether oxygens (including phenoxy) is 1. The third kappa shape index (κ3) is 2.91. The first-order valence-corrected chi connectivity index (χ1v) is 8.15. The van der Waals surface area contributed by atoms with Crippen LogP contribution in [0.4, 0.5) is 0 Å². The predicted molar refractivity (Wildman–Crippen MR) is 82.9 cm³/mol. The van der Waals surface area contributed by atoms with Gasteiger partial charge < -0.3 is 10.1 Å². The minimum absolute atomic E-state index is 0.262. The Morgan fingerprint density at radius 2 is 2.00 bits per heavy atom. The Balaban J connectivity index is 1.52. The molecular weight excluding hydrogens is 246 g/mol. The summed E-state index contributed by atoms with van der Waals surface area (Å²) in [6.07, 6.45) is 8.22. The second-order valence-electron chi connectivity index (χ2n) is 6.66. The van der Waals surface area contributed by atoms with Crippen LogP contribution < -0.4 is 5.32 Å². The van der Waals surface area contributed by atoms with Crippen molar-refractivity contribution in [3.8, 4) is 0 Å². The average Bonchev–Trinajstić information content (AvgIpc) is 3.07. The van der Waals surface area contributed by atoms with Crippen LogP contribution in [0, 0.1) is 6.92 Å². The summed E-state index contributed by atoms with van der Waals surface area (Å²) in [6, 6.07) is 9.05. The van der Waals surface area contributed by atoms with Gasteiger partial charge in [0, 0.05) is 12.6 Å². The summed E-state index contributed by atoms with van der Waals surface area (Å²) in [4.78, 5) is 0. The number of hydrogen-bond donors (Lipinski definition) is 1. The van der Waals surface area contributed by atoms with E-state index >= 15 is 0 Å². The topological polar surface area (TPSA) is 21.3 Å². The van der Waals surface area contributed by atoms with Gasteiger partial charge in [-0.2, -0.15) is 0 Å². The molecular formula is C18H27NO. The number of benzene rings is 1. The Bertz CT molecular complexity index is 450. The molecule has 2 fully saturated rings. The first-order chi connectivity index (χ1) is 9.69. The molecule has 1 N–H and O–H groups in total. The number of nitrogens with one attached hydrogen (secondary N) is 1. The third-order valence-electron chi connectivity index (χ3n) is 5.16. The quantitative estimate of drug-likeness (QED) is 0.890. The molecule has 2 unspecified atom stereocenters. The lowest BCUT2D eigenvalue weighted by Gasteiger charge is -2.25. The van der Waals surface area contributed by atoms with Gasteiger partial charge in [0.25, 0.3) is 0 Å². The normalized spacial score (nSPS) is 26.2. The largest absolute Gasteiger partial charge is 0.370 e. The van der Waals surface area contributed by atoms with Crippen molar-refractivity contribution in [3.63, 3.8) is 0 Å². The monoisotopic (exact) mass is 273 g/mol. The fourth-order valence-electron chi connectivity index (χ4n) is 3.92. The zero-order valence-electron chi connectivity index (χ0n) is 12.8. The maximum absolute atomic E-state index is 6.36. The summed E-state index contributed by atoms with van der Waals surface area (Å²) in [5.74, 6) is 0. The predicted octanol–water partition coefficient (Wildman–Crippen LogP) is 4.14. The molecule has 1 saturated carbocycles. The van der Waals surface area contributed by atoms with Crippen molar-refractivity contribution in [2.45, 2.75) is 70.1 Å². The average molecular weight is 273 g/mol. The number of rotatable bonds is 4. The van der Waals surface area contributed by atoms with Gasteiger partial charge in [-0.1, -0.05) is 37.1 Å². The van der Waals surface area contributed by atoms with Gasteiger partial charge in [-0.15, -0.1) is 0 Å². The Kier molecular flexibility index (Phi) is 4.13. The molecule has 0 radical (unpaired) electrons. The van der Waals surface area contributed by atoms with Crippen LogP contribution in [0.2, 0.25) is 0 Å². The van der Waals surface area contributed by atoms with E-state index in [9.17, 15) is 0 Å². The molecule has 0 amide bonds. The molecule has 0 bridgehead atoms. The lowest BCUT2D eigenvalue weighted by molar-refractivity contribution is -0.0357. The summed E-state index contributed by atoms with van der Waals surface area (Å²) in [6.45, 7) is 5.42. The summed E-state index contributed by atoms with van der Waals surface area (Å²) in [5.41, 5.74) is 3.03. The van der Waals surface area contributed by atoms with Crippen LogP contribution in [0.3, 0.4) is 0 Å². The van der Waals surface area contributed by atoms with E-state index in [1.54, 1.807) is 0 Å². The van der Waals surface area contributed by atoms with Gasteiger partial charge in [0.15, 0.2) is 0 Å². The molecule has 2 heteroatoms. The zero-order valence-corrected chi connectivity index (χ0v) is 12.8. The van der Waals surface area contributed by atoms with Crippen molar-refractivity contribution >= 4 is 0 Å². The van der Waals surface area contributed by atoms with E-state index in [1.807, 2.05) is 0 Å². The molecule has 0 aromatic heterocycles. The standard InChI is InChI=1S/C18H27NO/c1-14-7-3-4-8-17(14)15(2)19-13-16-9-12-18(20-16)10-5-6-11-18/h3-4,7-8,15-16,19H,5-6,9-13H2,1-2H3. The Labute approximate surface area is 122 Å². The molecule has 1 aromatic rings. The first-order valence-electron chi connectivity index (χ1n) is 8.15. The van der Waals surface area contributed by atoms with Gasteiger partial charge in [-0.05, 0) is 50.7 Å². The van der Waals surface area contributed by atoms with Crippen molar-refractivity contribution in [3.05, 3.63) is 35.4 Å². The zero-order chi connectivity index (χ0) is 14.0. The van der Waals surface area contributed by atoms with Crippen molar-refractivity contribution in [2.24, 2.45) is 0 Å². The summed E-state index contributed by atoms with van der Waals surface area (Å²) in [7, 11) is 0. The Morgan fingerprint density at radius 1 is 1.25 bits per heavy atom. The summed E-state index contributed by atoms with van der Waals surface area (Å²) >= 11 is 0. The van der Waals surface area contributed by atoms with E-state index < -0.39 is 0 Å². The van der Waals surface area contributed by atoms with E-state index in [1.165, 1.54) is 49.7 Å². The highest BCUT2D eigenvalue weighted by Gasteiger charge is 2.41. The molecule has 1 saturated heterocycles. The van der Waals surface area contributed by atoms with Gasteiger partial charge in [0.05, 0.1) is 11.7 Å². The SMILES string of the molecule is Cc1ccccc1C(C)NCC1CCC2(CCCC2)O1. The first kappa shape index (κ1) is 14.1. The van der Waals surface area contributed by atoms with Crippen molar-refractivity contribution in [1.29, 1.82) is 0 Å². The smallest absolute Gasteiger partial charge is 0.0708 e. The van der Waals surface area contributed by atoms with Crippen LogP contribution in [-0.4, -0.2) is 18.2 Å². The minimum Gasteiger partial charge on any atom is -0.370 e. The number of aryl methyl sites for hydroxylation is 1. The van der Waals surface area contributed by atoms with Crippen LogP contribution in [0.15, 0.2) is 24.3 Å². The molecule has 1 aliphatic carbocycles. The van der Waals surface area contributed by atoms with E-state index in [4.69, 9.17) is 4.74 Å². The van der Waals surface area contributed by atoms with E-state index in [0.29, 0.717) is 12.1 Å². The van der Waals surface area contributed by atoms with Crippen LogP contribution in [0.25, 0.3) is 0 Å². The van der Waals surface area contributed by atoms with Crippen molar-refractivity contribution < 1.29 is 4.74 Å². The molecule has 2 aliphatic rings. The lowest BCUT2D eigenvalue weighted by atomic mass is 9.98. The molecule has 1 aromatic carbocycles. The van der Waals surface area contributed by atoms with Gasteiger partial charge in [0.1, 0.15) is 0 Å². The Morgan fingerprint density at radius 3 is 2.75 bits per heavy atom. The fourth-order valence-corrected chi connectivity index (χ4v) is 3.92. The third-order valence-corrected chi connectivity index (χ3v) is 5.16. The molecule has 1 heterocycles. The van der Waals surface area contributed by atoms with Gasteiger partial charge in [-0.25, -0.2) is 0 Å². The van der Waals surface area contributed by atoms with Gasteiger partial charge >= 0.3 is 0 Å². The van der Waals surface area contributed by atoms with Crippen molar-refractivity contribution in [1.82, 2.24) is 5.32 Å².